The quantitative estimate of drug-likeness (QED) is 0.161. The van der Waals surface area contributed by atoms with Gasteiger partial charge in [0.1, 0.15) is 4.32 Å². The van der Waals surface area contributed by atoms with Crippen molar-refractivity contribution in [3.05, 3.63) is 104 Å². The Morgan fingerprint density at radius 1 is 1.09 bits per heavy atom. The number of carbonyl (C=O) groups excluding carboxylic acids is 1. The van der Waals surface area contributed by atoms with Crippen LogP contribution in [0.2, 0.25) is 5.02 Å². The highest BCUT2D eigenvalue weighted by atomic mass is 35.5. The van der Waals surface area contributed by atoms with Crippen molar-refractivity contribution in [3.8, 4) is 0 Å². The largest absolute Gasteiger partial charge is 0.288 e. The molecule has 4 rings (SSSR count). The molecule has 1 aliphatic rings. The van der Waals surface area contributed by atoms with Crippen LogP contribution in [0.5, 0.6) is 0 Å². The van der Waals surface area contributed by atoms with E-state index in [4.69, 9.17) is 23.8 Å². The van der Waals surface area contributed by atoms with Gasteiger partial charge in [0.2, 0.25) is 0 Å². The zero-order chi connectivity index (χ0) is 22.7. The van der Waals surface area contributed by atoms with Gasteiger partial charge in [0.05, 0.1) is 16.4 Å². The number of non-ortho nitro benzene ring substituents is 1. The van der Waals surface area contributed by atoms with E-state index in [1.54, 1.807) is 29.2 Å². The lowest BCUT2D eigenvalue weighted by atomic mass is 10.1. The minimum atomic E-state index is -0.450. The Morgan fingerprint density at radius 3 is 2.50 bits per heavy atom. The van der Waals surface area contributed by atoms with Gasteiger partial charge in [0.25, 0.3) is 11.6 Å². The van der Waals surface area contributed by atoms with Crippen molar-refractivity contribution in [2.45, 2.75) is 16.3 Å². The Morgan fingerprint density at radius 2 is 1.81 bits per heavy atom. The highest BCUT2D eigenvalue weighted by Crippen LogP contribution is 2.38. The molecule has 3 aromatic carbocycles. The summed E-state index contributed by atoms with van der Waals surface area (Å²) < 4.78 is 0.461. The molecule has 1 aliphatic heterocycles. The topological polar surface area (TPSA) is 63.4 Å². The van der Waals surface area contributed by atoms with Gasteiger partial charge in [-0.2, -0.15) is 0 Å². The molecule has 9 heteroatoms. The molecule has 0 unspecified atom stereocenters. The van der Waals surface area contributed by atoms with Gasteiger partial charge in [0.15, 0.2) is 0 Å². The summed E-state index contributed by atoms with van der Waals surface area (Å²) in [6.45, 7) is 0.379. The number of thiocarbonyl (C=S) groups is 1. The van der Waals surface area contributed by atoms with Crippen LogP contribution in [0.25, 0.3) is 6.08 Å². The van der Waals surface area contributed by atoms with E-state index in [2.05, 4.69) is 0 Å². The number of rotatable bonds is 6. The van der Waals surface area contributed by atoms with Gasteiger partial charge < -0.3 is 0 Å². The third-order valence-electron chi connectivity index (χ3n) is 4.59. The zero-order valence-electron chi connectivity index (χ0n) is 16.4. The maximum absolute atomic E-state index is 13.0. The first-order valence-electron chi connectivity index (χ1n) is 9.42. The van der Waals surface area contributed by atoms with E-state index in [1.807, 2.05) is 42.5 Å². The molecule has 0 aliphatic carbocycles. The number of amides is 1. The monoisotopic (exact) mass is 498 g/mol. The van der Waals surface area contributed by atoms with Gasteiger partial charge in [-0.3, -0.25) is 19.8 Å². The van der Waals surface area contributed by atoms with E-state index in [9.17, 15) is 14.9 Å². The molecule has 5 nitrogen and oxygen atoms in total. The fourth-order valence-corrected chi connectivity index (χ4v) is 5.30. The fourth-order valence-electron chi connectivity index (χ4n) is 3.03. The normalized spacial score (nSPS) is 14.9. The van der Waals surface area contributed by atoms with Crippen molar-refractivity contribution in [3.63, 3.8) is 0 Å². The van der Waals surface area contributed by atoms with Crippen LogP contribution in [0.4, 0.5) is 5.69 Å². The van der Waals surface area contributed by atoms with Crippen molar-refractivity contribution in [1.82, 2.24) is 4.90 Å². The summed E-state index contributed by atoms with van der Waals surface area (Å²) >= 11 is 14.0. The second-order valence-electron chi connectivity index (χ2n) is 6.79. The number of hydrogen-bond acceptors (Lipinski definition) is 6. The number of carbonyl (C=O) groups is 1. The Hall–Kier alpha value is -2.65. The number of nitro groups is 1. The third-order valence-corrected chi connectivity index (χ3v) is 7.32. The van der Waals surface area contributed by atoms with Gasteiger partial charge in [0, 0.05) is 26.9 Å². The lowest BCUT2D eigenvalue weighted by Crippen LogP contribution is -2.27. The molecule has 0 aromatic heterocycles. The van der Waals surface area contributed by atoms with Crippen molar-refractivity contribution in [2.24, 2.45) is 0 Å². The lowest BCUT2D eigenvalue weighted by Gasteiger charge is -2.14. The van der Waals surface area contributed by atoms with Crippen molar-refractivity contribution >= 4 is 69.3 Å². The van der Waals surface area contributed by atoms with Crippen LogP contribution in [-0.2, 0) is 11.3 Å². The van der Waals surface area contributed by atoms with Crippen molar-refractivity contribution < 1.29 is 9.72 Å². The van der Waals surface area contributed by atoms with E-state index in [0.717, 1.165) is 15.4 Å². The van der Waals surface area contributed by atoms with E-state index < -0.39 is 4.92 Å². The van der Waals surface area contributed by atoms with Crippen LogP contribution in [0, 0.1) is 10.1 Å². The molecule has 0 N–H and O–H groups in total. The molecular weight excluding hydrogens is 484 g/mol. The Kier molecular flexibility index (Phi) is 6.95. The Bertz CT molecular complexity index is 1230. The molecule has 1 saturated heterocycles. The summed E-state index contributed by atoms with van der Waals surface area (Å²) in [5.74, 6) is -0.210. The first-order valence-corrected chi connectivity index (χ1v) is 11.8. The molecule has 0 atom stereocenters. The third kappa shape index (κ3) is 5.21. The van der Waals surface area contributed by atoms with Gasteiger partial charge in [-0.15, -0.1) is 0 Å². The predicted octanol–water partition coefficient (Wildman–Crippen LogP) is 6.80. The smallest absolute Gasteiger partial charge is 0.270 e. The number of nitro benzene ring substituents is 1. The highest BCUT2D eigenvalue weighted by molar-refractivity contribution is 8.26. The molecule has 0 spiro atoms. The number of nitrogens with zero attached hydrogens (tertiary/aromatic N) is 2. The minimum Gasteiger partial charge on any atom is -0.288 e. The molecule has 0 radical (unpaired) electrons. The summed E-state index contributed by atoms with van der Waals surface area (Å²) in [4.78, 5) is 27.6. The minimum absolute atomic E-state index is 0.0449. The van der Waals surface area contributed by atoms with Crippen LogP contribution in [-0.4, -0.2) is 20.1 Å². The summed E-state index contributed by atoms with van der Waals surface area (Å²) in [6.07, 6.45) is 1.68. The lowest BCUT2D eigenvalue weighted by molar-refractivity contribution is -0.384. The summed E-state index contributed by atoms with van der Waals surface area (Å²) in [7, 11) is 0. The van der Waals surface area contributed by atoms with Gasteiger partial charge in [-0.25, -0.2) is 0 Å². The molecule has 32 heavy (non-hydrogen) atoms. The van der Waals surface area contributed by atoms with E-state index >= 15 is 0 Å². The maximum atomic E-state index is 13.0. The molecule has 160 valence electrons. The summed E-state index contributed by atoms with van der Waals surface area (Å²) in [6, 6.07) is 21.5. The number of halogens is 1. The van der Waals surface area contributed by atoms with E-state index in [1.165, 1.54) is 35.7 Å². The summed E-state index contributed by atoms with van der Waals surface area (Å²) in [5.41, 5.74) is 1.51. The van der Waals surface area contributed by atoms with E-state index in [0.29, 0.717) is 26.4 Å². The van der Waals surface area contributed by atoms with Crippen LogP contribution >= 0.6 is 47.3 Å². The fraction of sp³-hybridized carbons (Fsp3) is 0.0435. The second-order valence-corrected chi connectivity index (χ2v) is 10.0. The first-order chi connectivity index (χ1) is 15.4. The zero-order valence-corrected chi connectivity index (χ0v) is 19.6. The highest BCUT2D eigenvalue weighted by Gasteiger charge is 2.32. The average Bonchev–Trinajstić information content (AvgIpc) is 3.04. The maximum Gasteiger partial charge on any atom is 0.270 e. The molecule has 3 aromatic rings. The first kappa shape index (κ1) is 22.5. The summed E-state index contributed by atoms with van der Waals surface area (Å²) in [5, 5.41) is 12.0. The predicted molar refractivity (Wildman–Crippen MR) is 134 cm³/mol. The molecule has 1 amide bonds. The molecule has 0 saturated carbocycles. The van der Waals surface area contributed by atoms with Crippen LogP contribution < -0.4 is 0 Å². The molecule has 0 bridgehead atoms. The van der Waals surface area contributed by atoms with Crippen LogP contribution in [0.1, 0.15) is 11.1 Å². The van der Waals surface area contributed by atoms with Crippen molar-refractivity contribution in [1.29, 1.82) is 0 Å². The average molecular weight is 499 g/mol. The number of benzene rings is 3. The number of thioether (sulfide) groups is 1. The SMILES string of the molecule is O=C1/C(=C\c2cc([N+](=O)[O-])ccc2Sc2ccc(Cl)cc2)SC(=S)N1Cc1ccccc1. The van der Waals surface area contributed by atoms with Crippen LogP contribution in [0.3, 0.4) is 0 Å². The van der Waals surface area contributed by atoms with Gasteiger partial charge in [-0.05, 0) is 47.5 Å². The molecule has 1 heterocycles. The molecular formula is C23H15ClN2O3S3. The van der Waals surface area contributed by atoms with Crippen molar-refractivity contribution in [2.75, 3.05) is 0 Å². The van der Waals surface area contributed by atoms with E-state index in [-0.39, 0.29) is 11.6 Å². The van der Waals surface area contributed by atoms with Crippen LogP contribution in [0.15, 0.2) is 87.5 Å². The Balaban J connectivity index is 1.66. The van der Waals surface area contributed by atoms with Gasteiger partial charge >= 0.3 is 0 Å². The second kappa shape index (κ2) is 9.87. The van der Waals surface area contributed by atoms with Gasteiger partial charge in [-0.1, -0.05) is 77.7 Å². The standard InChI is InChI=1S/C23H15ClN2O3S3/c24-17-6-9-19(10-7-17)31-20-11-8-18(26(28)29)12-16(20)13-21-22(27)25(23(30)32-21)14-15-4-2-1-3-5-15/h1-13H,14H2/b21-13+. The number of hydrogen-bond donors (Lipinski definition) is 0. The molecule has 1 fully saturated rings. The Labute approximate surface area is 203 Å².